The Hall–Kier alpha value is -4.04. The van der Waals surface area contributed by atoms with Crippen molar-refractivity contribution < 1.29 is 49.4 Å². The molecule has 0 spiro atoms. The molecule has 0 aliphatic carbocycles. The summed E-state index contributed by atoms with van der Waals surface area (Å²) in [6, 6.07) is 12.7. The molecular formula is C31H33F5N2O6S. The molecule has 8 nitrogen and oxygen atoms in total. The number of rotatable bonds is 15. The first kappa shape index (κ1) is 35.4. The Morgan fingerprint density at radius 2 is 1.38 bits per heavy atom. The van der Waals surface area contributed by atoms with Gasteiger partial charge < -0.3 is 14.4 Å². The first-order valence-corrected chi connectivity index (χ1v) is 15.5. The van der Waals surface area contributed by atoms with Gasteiger partial charge in [-0.2, -0.15) is 4.31 Å². The molecule has 3 rings (SSSR count). The average molecular weight is 657 g/mol. The summed E-state index contributed by atoms with van der Waals surface area (Å²) < 4.78 is 107. The maximum absolute atomic E-state index is 14.4. The average Bonchev–Trinajstić information content (AvgIpc) is 3.02. The van der Waals surface area contributed by atoms with Crippen molar-refractivity contribution in [2.75, 3.05) is 31.7 Å². The molecule has 0 N–H and O–H groups in total. The zero-order valence-electron chi connectivity index (χ0n) is 24.9. The number of halogens is 5. The second-order valence-electron chi connectivity index (χ2n) is 10.00. The molecule has 0 fully saturated rings. The molecule has 0 saturated heterocycles. The van der Waals surface area contributed by atoms with Gasteiger partial charge in [-0.1, -0.05) is 57.0 Å². The third-order valence-corrected chi connectivity index (χ3v) is 8.49. The number of anilines is 1. The SMILES string of the molecule is CCCCOC(=O)c1ccc(N(Cc2ccccc2)C(=O)CN(C)S(=O)(=O)c2c(F)c(F)c(F)c(F)c2F)cc1OCCCC. The van der Waals surface area contributed by atoms with E-state index in [2.05, 4.69) is 0 Å². The number of carbonyl (C=O) groups excluding carboxylic acids is 2. The van der Waals surface area contributed by atoms with Crippen molar-refractivity contribution in [3.8, 4) is 5.75 Å². The first-order chi connectivity index (χ1) is 21.3. The van der Waals surface area contributed by atoms with Crippen LogP contribution in [-0.2, 0) is 26.1 Å². The number of hydrogen-bond donors (Lipinski definition) is 0. The molecule has 0 saturated carbocycles. The van der Waals surface area contributed by atoms with Crippen LogP contribution in [0.25, 0.3) is 0 Å². The van der Waals surface area contributed by atoms with E-state index >= 15 is 0 Å². The monoisotopic (exact) mass is 656 g/mol. The van der Waals surface area contributed by atoms with Gasteiger partial charge in [-0.05, 0) is 30.5 Å². The third-order valence-electron chi connectivity index (χ3n) is 6.66. The van der Waals surface area contributed by atoms with E-state index in [0.717, 1.165) is 24.8 Å². The standard InChI is InChI=1S/C31H33F5N2O6S/c1-4-6-15-43-23-17-21(13-14-22(23)31(40)44-16-7-5-2)38(18-20-11-9-8-10-12-20)24(39)19-37(3)45(41,42)30-28(35)26(33)25(32)27(34)29(30)36/h8-14,17H,4-7,15-16,18-19H2,1-3H3. The molecule has 1 amide bonds. The van der Waals surface area contributed by atoms with Crippen LogP contribution >= 0.6 is 0 Å². The summed E-state index contributed by atoms with van der Waals surface area (Å²) >= 11 is 0. The smallest absolute Gasteiger partial charge is 0.341 e. The zero-order valence-corrected chi connectivity index (χ0v) is 25.7. The number of unbranched alkanes of at least 4 members (excludes halogenated alkanes) is 2. The first-order valence-electron chi connectivity index (χ1n) is 14.1. The molecule has 0 bridgehead atoms. The van der Waals surface area contributed by atoms with E-state index in [9.17, 15) is 40.0 Å². The number of carbonyl (C=O) groups is 2. The second kappa shape index (κ2) is 15.8. The second-order valence-corrected chi connectivity index (χ2v) is 12.0. The summed E-state index contributed by atoms with van der Waals surface area (Å²) in [5, 5.41) is 0. The van der Waals surface area contributed by atoms with Gasteiger partial charge in [0.05, 0.1) is 26.3 Å². The van der Waals surface area contributed by atoms with E-state index in [0.29, 0.717) is 18.4 Å². The van der Waals surface area contributed by atoms with Crippen LogP contribution in [0.3, 0.4) is 0 Å². The topological polar surface area (TPSA) is 93.2 Å². The van der Waals surface area contributed by atoms with Gasteiger partial charge in [0.25, 0.3) is 0 Å². The number of hydrogen-bond acceptors (Lipinski definition) is 6. The number of esters is 1. The summed E-state index contributed by atoms with van der Waals surface area (Å²) in [7, 11) is -4.63. The fourth-order valence-corrected chi connectivity index (χ4v) is 5.32. The van der Waals surface area contributed by atoms with Crippen LogP contribution in [0.15, 0.2) is 53.4 Å². The van der Waals surface area contributed by atoms with Crippen molar-refractivity contribution in [3.63, 3.8) is 0 Å². The maximum atomic E-state index is 14.4. The van der Waals surface area contributed by atoms with Crippen molar-refractivity contribution >= 4 is 27.6 Å². The Balaban J connectivity index is 2.02. The van der Waals surface area contributed by atoms with Crippen LogP contribution < -0.4 is 9.64 Å². The van der Waals surface area contributed by atoms with Crippen LogP contribution in [0.4, 0.5) is 27.6 Å². The molecule has 0 radical (unpaired) electrons. The van der Waals surface area contributed by atoms with Crippen LogP contribution in [0.1, 0.15) is 55.5 Å². The molecule has 0 atom stereocenters. The van der Waals surface area contributed by atoms with E-state index in [1.807, 2.05) is 13.8 Å². The fourth-order valence-electron chi connectivity index (χ4n) is 4.10. The van der Waals surface area contributed by atoms with Crippen LogP contribution in [-0.4, -0.2) is 51.4 Å². The Bertz CT molecular complexity index is 1590. The molecule has 0 aliphatic heterocycles. The number of sulfonamides is 1. The van der Waals surface area contributed by atoms with Crippen molar-refractivity contribution in [2.24, 2.45) is 0 Å². The molecule has 0 aromatic heterocycles. The van der Waals surface area contributed by atoms with Gasteiger partial charge >= 0.3 is 5.97 Å². The summed E-state index contributed by atoms with van der Waals surface area (Å²) in [6.45, 7) is 3.13. The van der Waals surface area contributed by atoms with Gasteiger partial charge in [-0.15, -0.1) is 0 Å². The normalized spacial score (nSPS) is 11.5. The molecule has 0 aliphatic rings. The summed E-state index contributed by atoms with van der Waals surface area (Å²) in [4.78, 5) is 25.5. The van der Waals surface area contributed by atoms with E-state index in [4.69, 9.17) is 9.47 Å². The molecule has 3 aromatic rings. The largest absolute Gasteiger partial charge is 0.493 e. The number of ether oxygens (including phenoxy) is 2. The number of likely N-dealkylation sites (N-methyl/N-ethyl adjacent to an activating group) is 1. The van der Waals surface area contributed by atoms with Crippen molar-refractivity contribution in [1.82, 2.24) is 4.31 Å². The van der Waals surface area contributed by atoms with Gasteiger partial charge in [0, 0.05) is 18.8 Å². The summed E-state index contributed by atoms with van der Waals surface area (Å²) in [6.07, 6.45) is 2.90. The van der Waals surface area contributed by atoms with E-state index in [-0.39, 0.29) is 41.1 Å². The van der Waals surface area contributed by atoms with E-state index < -0.39 is 62.4 Å². The van der Waals surface area contributed by atoms with Crippen molar-refractivity contribution in [1.29, 1.82) is 0 Å². The van der Waals surface area contributed by atoms with Gasteiger partial charge in [-0.3, -0.25) is 4.79 Å². The van der Waals surface area contributed by atoms with Gasteiger partial charge in [-0.25, -0.2) is 35.2 Å². The molecule has 0 unspecified atom stereocenters. The predicted octanol–water partition coefficient (Wildman–Crippen LogP) is 6.37. The highest BCUT2D eigenvalue weighted by atomic mass is 32.2. The van der Waals surface area contributed by atoms with Crippen LogP contribution in [0.2, 0.25) is 0 Å². The highest BCUT2D eigenvalue weighted by molar-refractivity contribution is 7.89. The molecule has 244 valence electrons. The molecule has 3 aromatic carbocycles. The lowest BCUT2D eigenvalue weighted by atomic mass is 10.1. The minimum atomic E-state index is -5.39. The minimum absolute atomic E-state index is 0.101. The van der Waals surface area contributed by atoms with Gasteiger partial charge in [0.1, 0.15) is 11.3 Å². The van der Waals surface area contributed by atoms with E-state index in [1.54, 1.807) is 30.3 Å². The highest BCUT2D eigenvalue weighted by Crippen LogP contribution is 2.31. The molecule has 45 heavy (non-hydrogen) atoms. The lowest BCUT2D eigenvalue weighted by Gasteiger charge is -2.27. The van der Waals surface area contributed by atoms with Crippen LogP contribution in [0.5, 0.6) is 5.75 Å². The third kappa shape index (κ3) is 8.37. The van der Waals surface area contributed by atoms with Crippen LogP contribution in [0, 0.1) is 29.1 Å². The zero-order chi connectivity index (χ0) is 33.3. The van der Waals surface area contributed by atoms with E-state index in [1.165, 1.54) is 18.2 Å². The molecular weight excluding hydrogens is 623 g/mol. The van der Waals surface area contributed by atoms with Gasteiger partial charge in [0.15, 0.2) is 28.2 Å². The van der Waals surface area contributed by atoms with Gasteiger partial charge in [0.2, 0.25) is 21.7 Å². The lowest BCUT2D eigenvalue weighted by Crippen LogP contribution is -2.41. The number of amides is 1. The Morgan fingerprint density at radius 1 is 0.800 bits per heavy atom. The molecule has 0 heterocycles. The molecule has 14 heteroatoms. The summed E-state index contributed by atoms with van der Waals surface area (Å²) in [5.41, 5.74) is 0.874. The number of benzene rings is 3. The fraction of sp³-hybridized carbons (Fsp3) is 0.355. The lowest BCUT2D eigenvalue weighted by molar-refractivity contribution is -0.118. The highest BCUT2D eigenvalue weighted by Gasteiger charge is 2.37. The maximum Gasteiger partial charge on any atom is 0.341 e. The Labute approximate surface area is 258 Å². The quantitative estimate of drug-likeness (QED) is 0.0621. The van der Waals surface area contributed by atoms with Crippen molar-refractivity contribution in [2.45, 2.75) is 51.0 Å². The van der Waals surface area contributed by atoms with Crippen molar-refractivity contribution in [3.05, 3.63) is 88.7 Å². The Morgan fingerprint density at radius 3 is 1.98 bits per heavy atom. The summed E-state index contributed by atoms with van der Waals surface area (Å²) in [5.74, 6) is -14.0. The Kier molecular flexibility index (Phi) is 12.4. The number of nitrogens with zero attached hydrogens (tertiary/aromatic N) is 2. The predicted molar refractivity (Wildman–Crippen MR) is 156 cm³/mol. The minimum Gasteiger partial charge on any atom is -0.493 e.